The largest absolute Gasteiger partial charge is 0.508 e. The van der Waals surface area contributed by atoms with Crippen LogP contribution in [0, 0.1) is 17.8 Å². The molecule has 0 aromatic heterocycles. The molecule has 5 aliphatic rings. The fraction of sp³-hybridized carbons (Fsp3) is 0.667. The molecule has 4 N–H and O–H groups in total. The number of benzene rings is 1. The number of phenols is 1. The summed E-state index contributed by atoms with van der Waals surface area (Å²) in [5.74, 6) is 2.36. The van der Waals surface area contributed by atoms with Crippen molar-refractivity contribution in [1.29, 1.82) is 0 Å². The number of quaternary nitrogens is 1. The fourth-order valence-electron chi connectivity index (χ4n) is 7.09. The first-order chi connectivity index (χ1) is 14.9. The quantitative estimate of drug-likeness (QED) is 0.583. The molecule has 5 fully saturated rings. The van der Waals surface area contributed by atoms with E-state index in [-0.39, 0.29) is 29.3 Å². The number of aromatic hydroxyl groups is 1. The minimum absolute atomic E-state index is 0.0784. The number of hydrogen-bond donors (Lipinski definition) is 4. The Morgan fingerprint density at radius 1 is 1.03 bits per heavy atom. The van der Waals surface area contributed by atoms with Gasteiger partial charge in [-0.15, -0.1) is 0 Å². The molecule has 1 aromatic rings. The van der Waals surface area contributed by atoms with Crippen LogP contribution in [-0.2, 0) is 4.79 Å². The molecule has 0 unspecified atom stereocenters. The number of carbonyl (C=O) groups excluding carboxylic acids is 2. The Labute approximate surface area is 184 Å². The molecule has 168 valence electrons. The first-order valence-corrected chi connectivity index (χ1v) is 11.9. The Kier molecular flexibility index (Phi) is 5.32. The summed E-state index contributed by atoms with van der Waals surface area (Å²) in [6.45, 7) is 5.28. The predicted molar refractivity (Wildman–Crippen MR) is 118 cm³/mol. The lowest BCUT2D eigenvalue weighted by Gasteiger charge is -2.56. The van der Waals surface area contributed by atoms with Crippen molar-refractivity contribution < 1.29 is 19.6 Å². The molecule has 1 aromatic carbocycles. The van der Waals surface area contributed by atoms with Crippen LogP contribution in [0.15, 0.2) is 24.3 Å². The second kappa shape index (κ2) is 8.01. The standard InChI is InChI=1S/C24H34N4O3/c1-16(27-6-8-28(9-7-27)20-2-4-21(29)5-3-20)22(30)25-23(31)26-24-13-17-10-18(14-24)12-19(11-17)15-24/h2-5,16-19,29H,6-15H2,1H3,(H2,25,26,30,31)/p+1/t16-,17?,18?,19?,24?/m0/s1. The highest BCUT2D eigenvalue weighted by molar-refractivity contribution is 5.96. The second-order valence-corrected chi connectivity index (χ2v) is 10.5. The molecule has 3 amide bonds. The van der Waals surface area contributed by atoms with Crippen LogP contribution in [0.2, 0.25) is 0 Å². The third-order valence-electron chi connectivity index (χ3n) is 8.28. The summed E-state index contributed by atoms with van der Waals surface area (Å²) in [7, 11) is 0. The highest BCUT2D eigenvalue weighted by atomic mass is 16.3. The van der Waals surface area contributed by atoms with E-state index in [1.54, 1.807) is 12.1 Å². The van der Waals surface area contributed by atoms with Crippen LogP contribution < -0.4 is 20.4 Å². The van der Waals surface area contributed by atoms with E-state index in [1.165, 1.54) is 24.2 Å². The van der Waals surface area contributed by atoms with E-state index in [2.05, 4.69) is 15.5 Å². The Hall–Kier alpha value is -2.28. The van der Waals surface area contributed by atoms with Gasteiger partial charge < -0.3 is 20.2 Å². The van der Waals surface area contributed by atoms with Gasteiger partial charge in [0.2, 0.25) is 0 Å². The van der Waals surface area contributed by atoms with Gasteiger partial charge in [-0.25, -0.2) is 4.79 Å². The maximum absolute atomic E-state index is 12.8. The Morgan fingerprint density at radius 3 is 2.13 bits per heavy atom. The summed E-state index contributed by atoms with van der Waals surface area (Å²) in [6, 6.07) is 6.68. The zero-order valence-electron chi connectivity index (χ0n) is 18.4. The summed E-state index contributed by atoms with van der Waals surface area (Å²) in [5, 5.41) is 15.4. The summed E-state index contributed by atoms with van der Waals surface area (Å²) in [4.78, 5) is 29.0. The highest BCUT2D eigenvalue weighted by Gasteiger charge is 2.51. The van der Waals surface area contributed by atoms with Gasteiger partial charge in [-0.1, -0.05) is 0 Å². The van der Waals surface area contributed by atoms with Crippen molar-refractivity contribution in [2.24, 2.45) is 17.8 Å². The molecule has 4 bridgehead atoms. The molecule has 0 spiro atoms. The Bertz CT molecular complexity index is 796. The van der Waals surface area contributed by atoms with Crippen LogP contribution in [0.3, 0.4) is 0 Å². The minimum atomic E-state index is -0.305. The lowest BCUT2D eigenvalue weighted by Crippen LogP contribution is -3.19. The molecule has 6 rings (SSSR count). The van der Waals surface area contributed by atoms with Gasteiger partial charge in [-0.2, -0.15) is 0 Å². The van der Waals surface area contributed by atoms with Crippen molar-refractivity contribution in [2.75, 3.05) is 31.1 Å². The van der Waals surface area contributed by atoms with Gasteiger partial charge in [0.25, 0.3) is 5.91 Å². The van der Waals surface area contributed by atoms with Crippen LogP contribution in [0.25, 0.3) is 0 Å². The molecule has 1 saturated heterocycles. The number of nitrogens with zero attached hydrogens (tertiary/aromatic N) is 1. The van der Waals surface area contributed by atoms with Crippen LogP contribution in [-0.4, -0.2) is 54.8 Å². The van der Waals surface area contributed by atoms with E-state index in [9.17, 15) is 14.7 Å². The van der Waals surface area contributed by atoms with Gasteiger partial charge in [0.05, 0.1) is 26.2 Å². The Morgan fingerprint density at radius 2 is 1.58 bits per heavy atom. The zero-order valence-corrected chi connectivity index (χ0v) is 18.4. The third-order valence-corrected chi connectivity index (χ3v) is 8.28. The number of anilines is 1. The van der Waals surface area contributed by atoms with E-state index < -0.39 is 0 Å². The number of carbonyl (C=O) groups is 2. The van der Waals surface area contributed by atoms with E-state index in [0.717, 1.165) is 68.9 Å². The minimum Gasteiger partial charge on any atom is -0.508 e. The van der Waals surface area contributed by atoms with E-state index in [0.29, 0.717) is 0 Å². The van der Waals surface area contributed by atoms with Crippen LogP contribution in [0.5, 0.6) is 5.75 Å². The van der Waals surface area contributed by atoms with Crippen molar-refractivity contribution in [1.82, 2.24) is 10.6 Å². The van der Waals surface area contributed by atoms with Gasteiger partial charge in [-0.05, 0) is 87.5 Å². The van der Waals surface area contributed by atoms with E-state index in [1.807, 2.05) is 19.1 Å². The average molecular weight is 428 g/mol. The number of imide groups is 1. The SMILES string of the molecule is C[C@@H](C(=O)NC(=O)NC12CC3CC(CC(C3)C1)C2)[NH+]1CCN(c2ccc(O)cc2)CC1. The topological polar surface area (TPSA) is 86.1 Å². The summed E-state index contributed by atoms with van der Waals surface area (Å²) in [5.41, 5.74) is 1.01. The molecule has 1 atom stereocenters. The molecule has 1 heterocycles. The maximum atomic E-state index is 12.8. The van der Waals surface area contributed by atoms with Crippen LogP contribution in [0.1, 0.15) is 45.4 Å². The van der Waals surface area contributed by atoms with Crippen LogP contribution >= 0.6 is 0 Å². The second-order valence-electron chi connectivity index (χ2n) is 10.5. The van der Waals surface area contributed by atoms with E-state index >= 15 is 0 Å². The number of urea groups is 1. The summed E-state index contributed by atoms with van der Waals surface area (Å²) >= 11 is 0. The molecule has 1 aliphatic heterocycles. The van der Waals surface area contributed by atoms with Crippen molar-refractivity contribution >= 4 is 17.6 Å². The molecular weight excluding hydrogens is 392 g/mol. The molecular formula is C24H35N4O3+. The van der Waals surface area contributed by atoms with Crippen molar-refractivity contribution in [3.05, 3.63) is 24.3 Å². The molecule has 4 saturated carbocycles. The molecule has 7 heteroatoms. The lowest BCUT2D eigenvalue weighted by atomic mass is 9.53. The fourth-order valence-corrected chi connectivity index (χ4v) is 7.09. The zero-order chi connectivity index (χ0) is 21.6. The third kappa shape index (κ3) is 4.25. The van der Waals surface area contributed by atoms with Crippen molar-refractivity contribution in [3.63, 3.8) is 0 Å². The van der Waals surface area contributed by atoms with Crippen molar-refractivity contribution in [2.45, 2.75) is 57.0 Å². The molecule has 4 aliphatic carbocycles. The number of nitrogens with one attached hydrogen (secondary N) is 3. The summed E-state index contributed by atoms with van der Waals surface area (Å²) in [6.07, 6.45) is 7.25. The normalized spacial score (nSPS) is 33.2. The van der Waals surface area contributed by atoms with Crippen LogP contribution in [0.4, 0.5) is 10.5 Å². The van der Waals surface area contributed by atoms with Gasteiger partial charge >= 0.3 is 6.03 Å². The summed E-state index contributed by atoms with van der Waals surface area (Å²) < 4.78 is 0. The average Bonchev–Trinajstić information content (AvgIpc) is 2.72. The number of phenolic OH excluding ortho intramolecular Hbond substituents is 1. The molecule has 7 nitrogen and oxygen atoms in total. The number of amides is 3. The maximum Gasteiger partial charge on any atom is 0.322 e. The lowest BCUT2D eigenvalue weighted by molar-refractivity contribution is -0.914. The van der Waals surface area contributed by atoms with Gasteiger partial charge in [0.15, 0.2) is 6.04 Å². The smallest absolute Gasteiger partial charge is 0.322 e. The molecule has 31 heavy (non-hydrogen) atoms. The van der Waals surface area contributed by atoms with E-state index in [4.69, 9.17) is 0 Å². The monoisotopic (exact) mass is 427 g/mol. The van der Waals surface area contributed by atoms with Crippen molar-refractivity contribution in [3.8, 4) is 5.75 Å². The van der Waals surface area contributed by atoms with Gasteiger partial charge in [-0.3, -0.25) is 10.1 Å². The number of rotatable bonds is 4. The number of piperazine rings is 1. The van der Waals surface area contributed by atoms with Gasteiger partial charge in [0, 0.05) is 11.2 Å². The first kappa shape index (κ1) is 20.6. The molecule has 0 radical (unpaired) electrons. The number of hydrogen-bond acceptors (Lipinski definition) is 4. The predicted octanol–water partition coefficient (Wildman–Crippen LogP) is 1.28. The van der Waals surface area contributed by atoms with Gasteiger partial charge in [0.1, 0.15) is 5.75 Å². The first-order valence-electron chi connectivity index (χ1n) is 11.9. The highest BCUT2D eigenvalue weighted by Crippen LogP contribution is 2.55. The Balaban J connectivity index is 1.11.